The van der Waals surface area contributed by atoms with Gasteiger partial charge < -0.3 is 15.5 Å². The van der Waals surface area contributed by atoms with Crippen LogP contribution in [0.4, 0.5) is 4.79 Å². The van der Waals surface area contributed by atoms with E-state index in [2.05, 4.69) is 10.1 Å². The van der Waals surface area contributed by atoms with Gasteiger partial charge in [-0.25, -0.2) is 4.79 Å². The van der Waals surface area contributed by atoms with Gasteiger partial charge >= 0.3 is 6.09 Å². The van der Waals surface area contributed by atoms with E-state index in [1.54, 1.807) is 6.92 Å². The van der Waals surface area contributed by atoms with E-state index in [0.717, 1.165) is 0 Å². The average molecular weight is 135 g/mol. The van der Waals surface area contributed by atoms with Gasteiger partial charge in [0.2, 0.25) is 0 Å². The van der Waals surface area contributed by atoms with Crippen LogP contribution in [0.2, 0.25) is 0 Å². The third-order valence-electron chi connectivity index (χ3n) is 0.597. The third kappa shape index (κ3) is 7.23. The van der Waals surface area contributed by atoms with Crippen LogP contribution < -0.4 is 5.32 Å². The van der Waals surface area contributed by atoms with Gasteiger partial charge in [0.25, 0.3) is 0 Å². The first-order valence-electron chi connectivity index (χ1n) is 2.71. The van der Waals surface area contributed by atoms with Crippen LogP contribution >= 0.6 is 0 Å². The molecular weight excluding hydrogens is 122 g/mol. The highest BCUT2D eigenvalue weighted by atomic mass is 16.5. The van der Waals surface area contributed by atoms with E-state index in [9.17, 15) is 4.79 Å². The minimum absolute atomic E-state index is 0. The lowest BCUT2D eigenvalue weighted by molar-refractivity contribution is 0.153. The lowest BCUT2D eigenvalue weighted by Crippen LogP contribution is -2.23. The zero-order valence-corrected chi connectivity index (χ0v) is 5.73. The fraction of sp³-hybridized carbons (Fsp3) is 0.800. The number of ether oxygens (including phenoxy) is 1. The quantitative estimate of drug-likeness (QED) is 0.575. The van der Waals surface area contributed by atoms with Crippen LogP contribution in [-0.2, 0) is 4.74 Å². The molecule has 0 aliphatic carbocycles. The Morgan fingerprint density at radius 1 is 1.56 bits per heavy atom. The molecule has 0 aromatic carbocycles. The smallest absolute Gasteiger partial charge is 0.407 e. The van der Waals surface area contributed by atoms with Crippen molar-refractivity contribution in [2.24, 2.45) is 0 Å². The molecule has 4 heteroatoms. The van der Waals surface area contributed by atoms with Gasteiger partial charge in [0.05, 0.1) is 6.61 Å². The second kappa shape index (κ2) is 7.23. The summed E-state index contributed by atoms with van der Waals surface area (Å²) >= 11 is 0. The molecule has 0 spiro atoms. The van der Waals surface area contributed by atoms with Crippen molar-refractivity contribution in [3.05, 3.63) is 0 Å². The molecule has 3 N–H and O–H groups in total. The van der Waals surface area contributed by atoms with Crippen molar-refractivity contribution in [1.82, 2.24) is 5.32 Å². The molecule has 0 saturated carbocycles. The maximum absolute atomic E-state index is 10.3. The molecule has 0 aromatic heterocycles. The highest BCUT2D eigenvalue weighted by Crippen LogP contribution is 1.72. The largest absolute Gasteiger partial charge is 0.450 e. The van der Waals surface area contributed by atoms with Gasteiger partial charge in [0, 0.05) is 6.54 Å². The number of carbonyl (C=O) groups excluding carboxylic acids is 1. The van der Waals surface area contributed by atoms with E-state index < -0.39 is 0 Å². The molecule has 4 nitrogen and oxygen atoms in total. The molecule has 0 aliphatic rings. The summed E-state index contributed by atoms with van der Waals surface area (Å²) in [7, 11) is 0. The average Bonchev–Trinajstić information content (AvgIpc) is 1.68. The molecule has 0 atom stereocenters. The second-order valence-electron chi connectivity index (χ2n) is 1.25. The maximum Gasteiger partial charge on any atom is 0.407 e. The van der Waals surface area contributed by atoms with Gasteiger partial charge in [0.15, 0.2) is 0 Å². The van der Waals surface area contributed by atoms with Crippen LogP contribution in [0.25, 0.3) is 0 Å². The molecule has 1 amide bonds. The lowest BCUT2D eigenvalue weighted by Gasteiger charge is -1.99. The highest BCUT2D eigenvalue weighted by Gasteiger charge is 1.92. The molecular formula is C5H13NO3. The van der Waals surface area contributed by atoms with Crippen molar-refractivity contribution >= 4 is 6.09 Å². The summed E-state index contributed by atoms with van der Waals surface area (Å²) in [4.78, 5) is 10.3. The minimum Gasteiger partial charge on any atom is -0.450 e. The van der Waals surface area contributed by atoms with Gasteiger partial charge in [-0.1, -0.05) is 0 Å². The predicted octanol–water partition coefficient (Wildman–Crippen LogP) is -0.0723. The summed E-state index contributed by atoms with van der Waals surface area (Å²) in [5, 5.41) is 2.49. The maximum atomic E-state index is 10.3. The van der Waals surface area contributed by atoms with Gasteiger partial charge in [0.1, 0.15) is 0 Å². The standard InChI is InChI=1S/C5H11NO2.H2O/c1-3-6-5(7)8-4-2;/h3-4H2,1-2H3,(H,6,7);1H2. The number of carbonyl (C=O) groups is 1. The first kappa shape index (κ1) is 11.1. The van der Waals surface area contributed by atoms with Crippen molar-refractivity contribution in [3.8, 4) is 0 Å². The Morgan fingerprint density at radius 3 is 2.44 bits per heavy atom. The first-order chi connectivity index (χ1) is 3.81. The molecule has 0 aromatic rings. The topological polar surface area (TPSA) is 69.8 Å². The summed E-state index contributed by atoms with van der Waals surface area (Å²) in [6, 6.07) is 0. The zero-order valence-electron chi connectivity index (χ0n) is 5.73. The molecule has 0 radical (unpaired) electrons. The molecule has 0 rings (SSSR count). The van der Waals surface area contributed by atoms with Crippen molar-refractivity contribution in [2.45, 2.75) is 13.8 Å². The normalized spacial score (nSPS) is 7.33. The van der Waals surface area contributed by atoms with Crippen molar-refractivity contribution in [2.75, 3.05) is 13.2 Å². The molecule has 0 bridgehead atoms. The highest BCUT2D eigenvalue weighted by molar-refractivity contribution is 5.66. The van der Waals surface area contributed by atoms with Gasteiger partial charge in [-0.3, -0.25) is 0 Å². The van der Waals surface area contributed by atoms with Crippen molar-refractivity contribution in [3.63, 3.8) is 0 Å². The second-order valence-corrected chi connectivity index (χ2v) is 1.25. The van der Waals surface area contributed by atoms with Crippen LogP contribution in [0.1, 0.15) is 13.8 Å². The molecule has 0 unspecified atom stereocenters. The number of nitrogens with one attached hydrogen (secondary N) is 1. The number of hydrogen-bond acceptors (Lipinski definition) is 2. The van der Waals surface area contributed by atoms with E-state index in [4.69, 9.17) is 0 Å². The van der Waals surface area contributed by atoms with Crippen LogP contribution in [0.3, 0.4) is 0 Å². The third-order valence-corrected chi connectivity index (χ3v) is 0.597. The number of hydrogen-bond donors (Lipinski definition) is 1. The summed E-state index contributed by atoms with van der Waals surface area (Å²) in [6.45, 7) is 4.68. The number of amides is 1. The van der Waals surface area contributed by atoms with Gasteiger partial charge in [-0.2, -0.15) is 0 Å². The van der Waals surface area contributed by atoms with Crippen LogP contribution in [0, 0.1) is 0 Å². The Bertz CT molecular complexity index is 66.6. The molecule has 0 fully saturated rings. The Hall–Kier alpha value is -0.770. The number of alkyl carbamates (subject to hydrolysis) is 1. The van der Waals surface area contributed by atoms with E-state index in [1.165, 1.54) is 0 Å². The molecule has 0 saturated heterocycles. The SMILES string of the molecule is CCNC(=O)OCC.O. The Morgan fingerprint density at radius 2 is 2.11 bits per heavy atom. The fourth-order valence-electron chi connectivity index (χ4n) is 0.326. The Balaban J connectivity index is 0. The van der Waals surface area contributed by atoms with E-state index in [0.29, 0.717) is 13.2 Å². The van der Waals surface area contributed by atoms with Gasteiger partial charge in [-0.05, 0) is 13.8 Å². The molecule has 9 heavy (non-hydrogen) atoms. The van der Waals surface area contributed by atoms with Crippen LogP contribution in [0.15, 0.2) is 0 Å². The zero-order chi connectivity index (χ0) is 6.41. The number of rotatable bonds is 2. The van der Waals surface area contributed by atoms with Crippen molar-refractivity contribution < 1.29 is 15.0 Å². The predicted molar refractivity (Wildman–Crippen MR) is 34.3 cm³/mol. The van der Waals surface area contributed by atoms with Crippen LogP contribution in [0.5, 0.6) is 0 Å². The van der Waals surface area contributed by atoms with E-state index in [-0.39, 0.29) is 11.6 Å². The van der Waals surface area contributed by atoms with Crippen LogP contribution in [-0.4, -0.2) is 24.7 Å². The van der Waals surface area contributed by atoms with E-state index >= 15 is 0 Å². The van der Waals surface area contributed by atoms with Gasteiger partial charge in [-0.15, -0.1) is 0 Å². The molecule has 0 heterocycles. The molecule has 0 aliphatic heterocycles. The Kier molecular flexibility index (Phi) is 8.90. The summed E-state index contributed by atoms with van der Waals surface area (Å²) < 4.78 is 4.53. The lowest BCUT2D eigenvalue weighted by atomic mass is 10.7. The first-order valence-corrected chi connectivity index (χ1v) is 2.71. The van der Waals surface area contributed by atoms with E-state index in [1.807, 2.05) is 6.92 Å². The monoisotopic (exact) mass is 135 g/mol. The Labute approximate surface area is 54.5 Å². The minimum atomic E-state index is -0.338. The molecule has 56 valence electrons. The summed E-state index contributed by atoms with van der Waals surface area (Å²) in [5.74, 6) is 0. The summed E-state index contributed by atoms with van der Waals surface area (Å²) in [6.07, 6.45) is -0.338. The summed E-state index contributed by atoms with van der Waals surface area (Å²) in [5.41, 5.74) is 0. The van der Waals surface area contributed by atoms with Crippen molar-refractivity contribution in [1.29, 1.82) is 0 Å². The fourth-order valence-corrected chi connectivity index (χ4v) is 0.326.